The summed E-state index contributed by atoms with van der Waals surface area (Å²) in [5.74, 6) is 3.22. The molecule has 7 nitrogen and oxygen atoms in total. The molecule has 2 N–H and O–H groups in total. The smallest absolute Gasteiger partial charge is 0.185 e. The lowest BCUT2D eigenvalue weighted by atomic mass is 10.2. The van der Waals surface area contributed by atoms with Crippen molar-refractivity contribution in [2.75, 3.05) is 5.32 Å². The predicted molar refractivity (Wildman–Crippen MR) is 84.6 cm³/mol. The number of hydrogen-bond acceptors (Lipinski definition) is 5. The average Bonchev–Trinajstić information content (AvgIpc) is 3.11. The fraction of sp³-hybridized carbons (Fsp3) is 0.467. The molecule has 0 saturated heterocycles. The van der Waals surface area contributed by atoms with Gasteiger partial charge in [-0.25, -0.2) is 4.98 Å². The maximum Gasteiger partial charge on any atom is 0.185 e. The van der Waals surface area contributed by atoms with Crippen LogP contribution in [-0.4, -0.2) is 36.0 Å². The van der Waals surface area contributed by atoms with Crippen molar-refractivity contribution in [1.82, 2.24) is 29.9 Å². The number of nitrogens with one attached hydrogen (secondary N) is 2. The standard InChI is InChI=1S/C15H19N7/c1-8(2)17-13-11-10(6-7-16-13)18-19-12(11)15-21-20-14(22(15)3)9-4-5-9/h6-9H,4-5H2,1-3H3,(H,16,17)(H,18,19). The first-order valence-electron chi connectivity index (χ1n) is 7.64. The van der Waals surface area contributed by atoms with Gasteiger partial charge in [0, 0.05) is 25.2 Å². The second kappa shape index (κ2) is 4.79. The molecule has 0 aliphatic heterocycles. The number of pyridine rings is 1. The van der Waals surface area contributed by atoms with Gasteiger partial charge in [0.25, 0.3) is 0 Å². The number of hydrogen-bond donors (Lipinski definition) is 2. The quantitative estimate of drug-likeness (QED) is 0.772. The molecule has 0 atom stereocenters. The maximum atomic E-state index is 4.46. The Bertz CT molecular complexity index is 826. The molecular formula is C15H19N7. The van der Waals surface area contributed by atoms with E-state index >= 15 is 0 Å². The first-order valence-corrected chi connectivity index (χ1v) is 7.64. The van der Waals surface area contributed by atoms with Crippen molar-refractivity contribution in [3.63, 3.8) is 0 Å². The normalized spacial score (nSPS) is 14.9. The van der Waals surface area contributed by atoms with E-state index in [2.05, 4.69) is 49.1 Å². The van der Waals surface area contributed by atoms with E-state index in [0.29, 0.717) is 12.0 Å². The minimum Gasteiger partial charge on any atom is -0.367 e. The van der Waals surface area contributed by atoms with E-state index in [4.69, 9.17) is 0 Å². The second-order valence-corrected chi connectivity index (χ2v) is 6.17. The molecule has 0 radical (unpaired) electrons. The van der Waals surface area contributed by atoms with E-state index in [1.807, 2.05) is 13.1 Å². The summed E-state index contributed by atoms with van der Waals surface area (Å²) < 4.78 is 2.05. The molecule has 3 heterocycles. The highest BCUT2D eigenvalue weighted by Gasteiger charge is 2.30. The van der Waals surface area contributed by atoms with Crippen molar-refractivity contribution in [3.05, 3.63) is 18.1 Å². The molecule has 0 aromatic carbocycles. The van der Waals surface area contributed by atoms with Crippen molar-refractivity contribution in [1.29, 1.82) is 0 Å². The number of rotatable bonds is 4. The summed E-state index contributed by atoms with van der Waals surface area (Å²) in [4.78, 5) is 4.46. The topological polar surface area (TPSA) is 84.3 Å². The van der Waals surface area contributed by atoms with Gasteiger partial charge in [-0.05, 0) is 32.8 Å². The summed E-state index contributed by atoms with van der Waals surface area (Å²) in [6.07, 6.45) is 4.19. The monoisotopic (exact) mass is 297 g/mol. The van der Waals surface area contributed by atoms with Gasteiger partial charge in [0.15, 0.2) is 5.82 Å². The zero-order chi connectivity index (χ0) is 15.3. The lowest BCUT2D eigenvalue weighted by Crippen LogP contribution is -2.11. The van der Waals surface area contributed by atoms with Gasteiger partial charge in [0.1, 0.15) is 17.3 Å². The lowest BCUT2D eigenvalue weighted by molar-refractivity contribution is 0.801. The molecule has 0 amide bonds. The number of fused-ring (bicyclic) bond motifs is 1. The Morgan fingerprint density at radius 2 is 2.14 bits per heavy atom. The second-order valence-electron chi connectivity index (χ2n) is 6.17. The van der Waals surface area contributed by atoms with Gasteiger partial charge in [0.2, 0.25) is 0 Å². The molecule has 1 fully saturated rings. The summed E-state index contributed by atoms with van der Waals surface area (Å²) in [5, 5.41) is 20.6. The van der Waals surface area contributed by atoms with Gasteiger partial charge in [0.05, 0.1) is 10.9 Å². The number of H-pyrrole nitrogens is 1. The summed E-state index contributed by atoms with van der Waals surface area (Å²) in [6, 6.07) is 2.22. The SMILES string of the molecule is CC(C)Nc1nccc2[nH]nc(-c3nnc(C4CC4)n3C)c12. The Morgan fingerprint density at radius 3 is 2.86 bits per heavy atom. The molecule has 0 spiro atoms. The van der Waals surface area contributed by atoms with E-state index in [-0.39, 0.29) is 0 Å². The van der Waals surface area contributed by atoms with Crippen LogP contribution >= 0.6 is 0 Å². The Morgan fingerprint density at radius 1 is 1.32 bits per heavy atom. The minimum absolute atomic E-state index is 0.294. The number of aromatic amines is 1. The molecule has 0 bridgehead atoms. The average molecular weight is 297 g/mol. The maximum absolute atomic E-state index is 4.46. The Hall–Kier alpha value is -2.44. The van der Waals surface area contributed by atoms with Crippen LogP contribution < -0.4 is 5.32 Å². The lowest BCUT2D eigenvalue weighted by Gasteiger charge is -2.10. The molecule has 7 heteroatoms. The summed E-state index contributed by atoms with van der Waals surface area (Å²) in [7, 11) is 2.01. The van der Waals surface area contributed by atoms with E-state index in [1.54, 1.807) is 6.20 Å². The molecule has 3 aromatic heterocycles. The third-order valence-electron chi connectivity index (χ3n) is 3.96. The van der Waals surface area contributed by atoms with Crippen LogP contribution in [0.4, 0.5) is 5.82 Å². The third-order valence-corrected chi connectivity index (χ3v) is 3.96. The molecule has 4 rings (SSSR count). The van der Waals surface area contributed by atoms with Gasteiger partial charge in [-0.1, -0.05) is 0 Å². The summed E-state index contributed by atoms with van der Waals surface area (Å²) >= 11 is 0. The van der Waals surface area contributed by atoms with Gasteiger partial charge in [-0.2, -0.15) is 5.10 Å². The van der Waals surface area contributed by atoms with Crippen LogP contribution in [0.3, 0.4) is 0 Å². The molecular weight excluding hydrogens is 278 g/mol. The van der Waals surface area contributed by atoms with Gasteiger partial charge in [-0.3, -0.25) is 5.10 Å². The van der Waals surface area contributed by atoms with Crippen LogP contribution in [0.2, 0.25) is 0 Å². The predicted octanol–water partition coefficient (Wildman–Crippen LogP) is 2.45. The van der Waals surface area contributed by atoms with E-state index < -0.39 is 0 Å². The van der Waals surface area contributed by atoms with E-state index in [9.17, 15) is 0 Å². The highest BCUT2D eigenvalue weighted by atomic mass is 15.3. The van der Waals surface area contributed by atoms with Crippen molar-refractivity contribution < 1.29 is 0 Å². The highest BCUT2D eigenvalue weighted by molar-refractivity contribution is 5.99. The molecule has 1 aliphatic carbocycles. The first kappa shape index (κ1) is 13.2. The van der Waals surface area contributed by atoms with Crippen molar-refractivity contribution >= 4 is 16.7 Å². The van der Waals surface area contributed by atoms with Crippen LogP contribution in [0.15, 0.2) is 12.3 Å². The van der Waals surface area contributed by atoms with E-state index in [1.165, 1.54) is 12.8 Å². The summed E-state index contributed by atoms with van der Waals surface area (Å²) in [5.41, 5.74) is 1.75. The van der Waals surface area contributed by atoms with Gasteiger partial charge in [-0.15, -0.1) is 10.2 Å². The highest BCUT2D eigenvalue weighted by Crippen LogP contribution is 2.40. The van der Waals surface area contributed by atoms with Crippen LogP contribution in [0.5, 0.6) is 0 Å². The molecule has 22 heavy (non-hydrogen) atoms. The van der Waals surface area contributed by atoms with Crippen LogP contribution in [0.1, 0.15) is 38.4 Å². The Labute approximate surface area is 128 Å². The van der Waals surface area contributed by atoms with Crippen molar-refractivity contribution in [3.8, 4) is 11.5 Å². The van der Waals surface area contributed by atoms with Crippen molar-refractivity contribution in [2.45, 2.75) is 38.6 Å². The molecule has 1 saturated carbocycles. The zero-order valence-corrected chi connectivity index (χ0v) is 13.0. The van der Waals surface area contributed by atoms with Crippen molar-refractivity contribution in [2.24, 2.45) is 7.05 Å². The van der Waals surface area contributed by atoms with Gasteiger partial charge >= 0.3 is 0 Å². The molecule has 0 unspecified atom stereocenters. The Balaban J connectivity index is 1.88. The molecule has 3 aromatic rings. The van der Waals surface area contributed by atoms with E-state index in [0.717, 1.165) is 34.1 Å². The van der Waals surface area contributed by atoms with Crippen LogP contribution in [0.25, 0.3) is 22.4 Å². The van der Waals surface area contributed by atoms with Gasteiger partial charge < -0.3 is 9.88 Å². The zero-order valence-electron chi connectivity index (χ0n) is 13.0. The summed E-state index contributed by atoms with van der Waals surface area (Å²) in [6.45, 7) is 4.18. The molecule has 1 aliphatic rings. The molecule has 114 valence electrons. The fourth-order valence-electron chi connectivity index (χ4n) is 2.76. The largest absolute Gasteiger partial charge is 0.367 e. The number of anilines is 1. The van der Waals surface area contributed by atoms with Crippen LogP contribution in [-0.2, 0) is 7.05 Å². The third kappa shape index (κ3) is 2.04. The van der Waals surface area contributed by atoms with Crippen LogP contribution in [0, 0.1) is 0 Å². The first-order chi connectivity index (χ1) is 10.6. The number of nitrogens with zero attached hydrogens (tertiary/aromatic N) is 5. The fourth-order valence-corrected chi connectivity index (χ4v) is 2.76. The minimum atomic E-state index is 0.294. The number of aromatic nitrogens is 6. The Kier molecular flexibility index (Phi) is 2.88.